The van der Waals surface area contributed by atoms with Crippen LogP contribution < -0.4 is 19.5 Å². The van der Waals surface area contributed by atoms with Crippen LogP contribution in [0.5, 0.6) is 17.2 Å². The fraction of sp³-hybridized carbons (Fsp3) is 0.280. The first-order chi connectivity index (χ1) is 16.4. The minimum absolute atomic E-state index is 0.0641. The number of hydrogen-bond acceptors (Lipinski definition) is 8. The average molecular weight is 479 g/mol. The Bertz CT molecular complexity index is 1210. The van der Waals surface area contributed by atoms with E-state index in [0.717, 1.165) is 16.9 Å². The molecule has 0 fully saturated rings. The van der Waals surface area contributed by atoms with Gasteiger partial charge in [0.25, 0.3) is 5.91 Å². The van der Waals surface area contributed by atoms with Gasteiger partial charge in [0.05, 0.1) is 6.61 Å². The molecule has 0 aliphatic rings. The fourth-order valence-electron chi connectivity index (χ4n) is 3.16. The first-order valence-corrected chi connectivity index (χ1v) is 11.5. The average Bonchev–Trinajstić information content (AvgIpc) is 3.20. The third kappa shape index (κ3) is 7.05. The fourth-order valence-corrected chi connectivity index (χ4v) is 3.74. The Morgan fingerprint density at radius 2 is 1.76 bits per heavy atom. The number of anilines is 1. The largest absolute Gasteiger partial charge is 0.490 e. The summed E-state index contributed by atoms with van der Waals surface area (Å²) in [7, 11) is 0. The van der Waals surface area contributed by atoms with Crippen LogP contribution in [0.15, 0.2) is 42.0 Å². The van der Waals surface area contributed by atoms with E-state index < -0.39 is 5.91 Å². The van der Waals surface area contributed by atoms with E-state index in [2.05, 4.69) is 21.6 Å². The van der Waals surface area contributed by atoms with Crippen molar-refractivity contribution >= 4 is 28.5 Å². The van der Waals surface area contributed by atoms with E-state index in [-0.39, 0.29) is 5.57 Å². The van der Waals surface area contributed by atoms with E-state index in [1.165, 1.54) is 17.4 Å². The molecule has 0 radical (unpaired) electrons. The number of hydrogen-bond donors (Lipinski definition) is 1. The van der Waals surface area contributed by atoms with Gasteiger partial charge in [0.1, 0.15) is 35.6 Å². The van der Waals surface area contributed by atoms with Crippen molar-refractivity contribution in [1.29, 1.82) is 5.26 Å². The highest BCUT2D eigenvalue weighted by Gasteiger charge is 2.13. The number of carbonyl (C=O) groups is 1. The molecule has 1 N–H and O–H groups in total. The van der Waals surface area contributed by atoms with Gasteiger partial charge in [-0.2, -0.15) is 5.26 Å². The van der Waals surface area contributed by atoms with Crippen molar-refractivity contribution < 1.29 is 19.0 Å². The van der Waals surface area contributed by atoms with Crippen LogP contribution >= 0.6 is 11.3 Å². The molecule has 0 aliphatic heterocycles. The van der Waals surface area contributed by atoms with Crippen molar-refractivity contribution in [3.8, 4) is 23.3 Å². The Hall–Kier alpha value is -3.90. The summed E-state index contributed by atoms with van der Waals surface area (Å²) in [5, 5.41) is 20.8. The van der Waals surface area contributed by atoms with Crippen LogP contribution in [0, 0.1) is 32.1 Å². The van der Waals surface area contributed by atoms with Gasteiger partial charge in [0, 0.05) is 0 Å². The number of rotatable bonds is 10. The van der Waals surface area contributed by atoms with Crippen LogP contribution in [0.2, 0.25) is 0 Å². The molecular formula is C25H26N4O4S. The van der Waals surface area contributed by atoms with Crippen molar-refractivity contribution in [2.24, 2.45) is 0 Å². The number of nitrogens with one attached hydrogen (secondary N) is 1. The first-order valence-electron chi connectivity index (χ1n) is 10.7. The molecule has 1 amide bonds. The second-order valence-corrected chi connectivity index (χ2v) is 8.59. The lowest BCUT2D eigenvalue weighted by atomic mass is 10.1. The van der Waals surface area contributed by atoms with Crippen LogP contribution in [0.25, 0.3) is 6.08 Å². The number of benzene rings is 2. The normalized spacial score (nSPS) is 11.0. The molecule has 0 spiro atoms. The summed E-state index contributed by atoms with van der Waals surface area (Å²) in [4.78, 5) is 12.4. The standard InChI is InChI=1S/C25H26N4O4S/c1-5-31-23-14-19(13-20(15-26)24(30)27-25-29-28-18(4)34-25)6-7-22(23)33-9-8-32-21-11-16(2)10-17(3)12-21/h6-7,10-14H,5,8-9H2,1-4H3,(H,27,29,30). The lowest BCUT2D eigenvalue weighted by Crippen LogP contribution is -2.13. The molecule has 3 aromatic rings. The summed E-state index contributed by atoms with van der Waals surface area (Å²) < 4.78 is 17.4. The molecule has 176 valence electrons. The molecular weight excluding hydrogens is 452 g/mol. The predicted molar refractivity (Wildman–Crippen MR) is 131 cm³/mol. The first kappa shape index (κ1) is 24.7. The summed E-state index contributed by atoms with van der Waals surface area (Å²) >= 11 is 1.23. The maximum Gasteiger partial charge on any atom is 0.268 e. The van der Waals surface area contributed by atoms with Crippen LogP contribution in [-0.4, -0.2) is 35.9 Å². The van der Waals surface area contributed by atoms with Crippen LogP contribution in [-0.2, 0) is 4.79 Å². The summed E-state index contributed by atoms with van der Waals surface area (Å²) in [5.74, 6) is 1.31. The number of ether oxygens (including phenoxy) is 3. The van der Waals surface area contributed by atoms with E-state index in [1.807, 2.05) is 39.0 Å². The molecule has 0 saturated carbocycles. The minimum Gasteiger partial charge on any atom is -0.490 e. The monoisotopic (exact) mass is 478 g/mol. The number of aromatic nitrogens is 2. The van der Waals surface area contributed by atoms with Crippen molar-refractivity contribution in [3.63, 3.8) is 0 Å². The Kier molecular flexibility index (Phi) is 8.60. The van der Waals surface area contributed by atoms with Gasteiger partial charge < -0.3 is 14.2 Å². The van der Waals surface area contributed by atoms with E-state index >= 15 is 0 Å². The van der Waals surface area contributed by atoms with Gasteiger partial charge in [0.2, 0.25) is 5.13 Å². The highest BCUT2D eigenvalue weighted by Crippen LogP contribution is 2.29. The maximum atomic E-state index is 12.4. The zero-order chi connectivity index (χ0) is 24.5. The Balaban J connectivity index is 1.66. The van der Waals surface area contributed by atoms with Gasteiger partial charge in [0.15, 0.2) is 11.5 Å². The Morgan fingerprint density at radius 1 is 1.03 bits per heavy atom. The Labute approximate surface area is 202 Å². The molecule has 0 saturated heterocycles. The summed E-state index contributed by atoms with van der Waals surface area (Å²) in [6, 6.07) is 13.2. The number of nitrogens with zero attached hydrogens (tertiary/aromatic N) is 3. The second-order valence-electron chi connectivity index (χ2n) is 7.41. The quantitative estimate of drug-likeness (QED) is 0.252. The summed E-state index contributed by atoms with van der Waals surface area (Å²) in [6.45, 7) is 8.84. The lowest BCUT2D eigenvalue weighted by Gasteiger charge is -2.13. The molecule has 0 unspecified atom stereocenters. The van der Waals surface area contributed by atoms with E-state index in [1.54, 1.807) is 25.1 Å². The molecule has 2 aromatic carbocycles. The van der Waals surface area contributed by atoms with Gasteiger partial charge in [-0.15, -0.1) is 10.2 Å². The number of carbonyl (C=O) groups excluding carboxylic acids is 1. The van der Waals surface area contributed by atoms with E-state index in [0.29, 0.717) is 47.0 Å². The van der Waals surface area contributed by atoms with Crippen LogP contribution in [0.4, 0.5) is 5.13 Å². The highest BCUT2D eigenvalue weighted by atomic mass is 32.1. The van der Waals surface area contributed by atoms with Crippen molar-refractivity contribution in [1.82, 2.24) is 10.2 Å². The Morgan fingerprint density at radius 3 is 2.41 bits per heavy atom. The molecule has 0 bridgehead atoms. The minimum atomic E-state index is -0.555. The summed E-state index contributed by atoms with van der Waals surface area (Å²) in [6.07, 6.45) is 1.48. The van der Waals surface area contributed by atoms with E-state index in [9.17, 15) is 10.1 Å². The van der Waals surface area contributed by atoms with Gasteiger partial charge in [-0.05, 0) is 74.7 Å². The summed E-state index contributed by atoms with van der Waals surface area (Å²) in [5.41, 5.74) is 2.84. The SMILES string of the molecule is CCOc1cc(C=C(C#N)C(=O)Nc2nnc(C)s2)ccc1OCCOc1cc(C)cc(C)c1. The molecule has 0 atom stereocenters. The lowest BCUT2D eigenvalue weighted by molar-refractivity contribution is -0.112. The predicted octanol–water partition coefficient (Wildman–Crippen LogP) is 4.87. The van der Waals surface area contributed by atoms with Crippen molar-refractivity contribution in [2.45, 2.75) is 27.7 Å². The molecule has 3 rings (SSSR count). The number of amides is 1. The molecule has 1 heterocycles. The molecule has 1 aromatic heterocycles. The van der Waals surface area contributed by atoms with Gasteiger partial charge in [-0.1, -0.05) is 23.5 Å². The van der Waals surface area contributed by atoms with Gasteiger partial charge >= 0.3 is 0 Å². The van der Waals surface area contributed by atoms with Crippen molar-refractivity contribution in [2.75, 3.05) is 25.1 Å². The van der Waals surface area contributed by atoms with Crippen LogP contribution in [0.3, 0.4) is 0 Å². The number of nitriles is 1. The molecule has 34 heavy (non-hydrogen) atoms. The highest BCUT2D eigenvalue weighted by molar-refractivity contribution is 7.15. The zero-order valence-corrected chi connectivity index (χ0v) is 20.4. The molecule has 0 aliphatic carbocycles. The number of aryl methyl sites for hydroxylation is 3. The second kappa shape index (κ2) is 11.8. The maximum absolute atomic E-state index is 12.4. The van der Waals surface area contributed by atoms with Crippen LogP contribution in [0.1, 0.15) is 28.6 Å². The van der Waals surface area contributed by atoms with Gasteiger partial charge in [-0.25, -0.2) is 0 Å². The van der Waals surface area contributed by atoms with E-state index in [4.69, 9.17) is 14.2 Å². The third-order valence-electron chi connectivity index (χ3n) is 4.50. The molecule has 9 heteroatoms. The van der Waals surface area contributed by atoms with Crippen molar-refractivity contribution in [3.05, 3.63) is 63.7 Å². The molecule has 8 nitrogen and oxygen atoms in total. The zero-order valence-electron chi connectivity index (χ0n) is 19.5. The smallest absolute Gasteiger partial charge is 0.268 e. The van der Waals surface area contributed by atoms with Gasteiger partial charge in [-0.3, -0.25) is 10.1 Å². The topological polar surface area (TPSA) is 106 Å². The third-order valence-corrected chi connectivity index (χ3v) is 5.25.